The maximum Gasteiger partial charge on any atom is 0.293 e. The van der Waals surface area contributed by atoms with E-state index in [-0.39, 0.29) is 17.7 Å². The molecule has 1 aromatic carbocycles. The molecular weight excluding hydrogens is 556 g/mol. The van der Waals surface area contributed by atoms with Gasteiger partial charge in [0.2, 0.25) is 0 Å². The Morgan fingerprint density at radius 2 is 1.96 bits per heavy atom. The van der Waals surface area contributed by atoms with Crippen LogP contribution in [0.1, 0.15) is 5.56 Å². The molecule has 0 radical (unpaired) electrons. The Bertz CT molecular complexity index is 682. The van der Waals surface area contributed by atoms with Crippen molar-refractivity contribution in [3.8, 4) is 5.75 Å². The first-order valence-electron chi connectivity index (χ1n) is 6.95. The number of imide groups is 1. The largest absolute Gasteiger partial charge is 0.487 e. The summed E-state index contributed by atoms with van der Waals surface area (Å²) in [5, 5.41) is -0.265. The molecule has 1 aliphatic rings. The van der Waals surface area contributed by atoms with Gasteiger partial charge in [-0.1, -0.05) is 12.7 Å². The van der Waals surface area contributed by atoms with Crippen LogP contribution in [0, 0.1) is 7.14 Å². The second-order valence-corrected chi connectivity index (χ2v) is 8.06. The third kappa shape index (κ3) is 4.73. The van der Waals surface area contributed by atoms with Crippen molar-refractivity contribution in [2.75, 3.05) is 26.9 Å². The molecule has 1 saturated heterocycles. The van der Waals surface area contributed by atoms with Gasteiger partial charge in [0.1, 0.15) is 12.4 Å². The van der Waals surface area contributed by atoms with Crippen molar-refractivity contribution in [3.05, 3.63) is 42.4 Å². The first-order chi connectivity index (χ1) is 11.5. The third-order valence-electron chi connectivity index (χ3n) is 3.06. The number of ether oxygens (including phenoxy) is 2. The Labute approximate surface area is 172 Å². The number of thioether (sulfide) groups is 1. The van der Waals surface area contributed by atoms with E-state index in [1.54, 1.807) is 12.2 Å². The Hall–Kier alpha value is -0.590. The Balaban J connectivity index is 2.24. The number of methoxy groups -OCH3 is 1. The summed E-state index contributed by atoms with van der Waals surface area (Å²) in [6.45, 7) is 4.67. The van der Waals surface area contributed by atoms with E-state index in [1.165, 1.54) is 12.0 Å². The average molecular weight is 571 g/mol. The van der Waals surface area contributed by atoms with Crippen LogP contribution in [-0.2, 0) is 9.53 Å². The highest BCUT2D eigenvalue weighted by atomic mass is 127. The SMILES string of the molecule is C=CCOc1c(I)cc(/C=C2/SC(=O)N(CCOC)C2=O)cc1I. The van der Waals surface area contributed by atoms with Crippen molar-refractivity contribution in [1.82, 2.24) is 4.90 Å². The van der Waals surface area contributed by atoms with E-state index in [9.17, 15) is 9.59 Å². The zero-order chi connectivity index (χ0) is 17.7. The van der Waals surface area contributed by atoms with Crippen LogP contribution in [-0.4, -0.2) is 42.9 Å². The Morgan fingerprint density at radius 1 is 1.29 bits per heavy atom. The minimum absolute atomic E-state index is 0.265. The highest BCUT2D eigenvalue weighted by Crippen LogP contribution is 2.34. The predicted molar refractivity (Wildman–Crippen MR) is 112 cm³/mol. The number of halogens is 2. The molecule has 0 bridgehead atoms. The summed E-state index contributed by atoms with van der Waals surface area (Å²) in [5.74, 6) is 0.514. The first kappa shape index (κ1) is 19.7. The standard InChI is InChI=1S/C16H15I2NO4S/c1-3-5-23-14-11(17)7-10(8-12(14)18)9-13-15(20)19(4-6-22-2)16(21)24-13/h3,7-9H,1,4-6H2,2H3/b13-9+. The molecule has 2 amide bonds. The van der Waals surface area contributed by atoms with Crippen molar-refractivity contribution in [3.63, 3.8) is 0 Å². The Morgan fingerprint density at radius 3 is 2.54 bits per heavy atom. The first-order valence-corrected chi connectivity index (χ1v) is 9.92. The van der Waals surface area contributed by atoms with Crippen LogP contribution in [0.3, 0.4) is 0 Å². The topological polar surface area (TPSA) is 55.8 Å². The highest BCUT2D eigenvalue weighted by Gasteiger charge is 2.34. The van der Waals surface area contributed by atoms with Crippen molar-refractivity contribution in [1.29, 1.82) is 0 Å². The minimum atomic E-state index is -0.279. The van der Waals surface area contributed by atoms with Gasteiger partial charge in [-0.15, -0.1) is 0 Å². The number of hydrogen-bond donors (Lipinski definition) is 0. The van der Waals surface area contributed by atoms with Gasteiger partial charge in [-0.3, -0.25) is 14.5 Å². The van der Waals surface area contributed by atoms with Gasteiger partial charge in [0.25, 0.3) is 11.1 Å². The molecule has 0 spiro atoms. The lowest BCUT2D eigenvalue weighted by Gasteiger charge is -2.11. The van der Waals surface area contributed by atoms with Crippen molar-refractivity contribution in [2.24, 2.45) is 0 Å². The lowest BCUT2D eigenvalue weighted by molar-refractivity contribution is -0.123. The molecule has 1 fully saturated rings. The monoisotopic (exact) mass is 571 g/mol. The molecule has 24 heavy (non-hydrogen) atoms. The van der Waals surface area contributed by atoms with Crippen molar-refractivity contribution >= 4 is 74.2 Å². The van der Waals surface area contributed by atoms with Crippen LogP contribution in [0.4, 0.5) is 4.79 Å². The van der Waals surface area contributed by atoms with Gasteiger partial charge in [-0.05, 0) is 80.7 Å². The van der Waals surface area contributed by atoms with E-state index in [1.807, 2.05) is 12.1 Å². The number of benzene rings is 1. The normalized spacial score (nSPS) is 16.1. The van der Waals surface area contributed by atoms with Crippen LogP contribution in [0.15, 0.2) is 29.7 Å². The molecule has 1 aromatic rings. The van der Waals surface area contributed by atoms with Gasteiger partial charge >= 0.3 is 0 Å². The number of amides is 2. The highest BCUT2D eigenvalue weighted by molar-refractivity contribution is 14.1. The summed E-state index contributed by atoms with van der Waals surface area (Å²) in [4.78, 5) is 25.9. The summed E-state index contributed by atoms with van der Waals surface area (Å²) < 4.78 is 12.4. The van der Waals surface area contributed by atoms with Crippen LogP contribution in [0.2, 0.25) is 0 Å². The lowest BCUT2D eigenvalue weighted by atomic mass is 10.2. The van der Waals surface area contributed by atoms with E-state index < -0.39 is 0 Å². The summed E-state index contributed by atoms with van der Waals surface area (Å²) in [7, 11) is 1.54. The van der Waals surface area contributed by atoms with Gasteiger partial charge in [0.05, 0.1) is 25.2 Å². The summed E-state index contributed by atoms with van der Waals surface area (Å²) in [6, 6.07) is 3.84. The van der Waals surface area contributed by atoms with Crippen LogP contribution < -0.4 is 4.74 Å². The number of carbonyl (C=O) groups excluding carboxylic acids is 2. The second-order valence-electron chi connectivity index (χ2n) is 4.74. The van der Waals surface area contributed by atoms with Crippen LogP contribution in [0.25, 0.3) is 6.08 Å². The van der Waals surface area contributed by atoms with Gasteiger partial charge in [-0.25, -0.2) is 0 Å². The zero-order valence-corrected chi connectivity index (χ0v) is 18.0. The number of nitrogens with zero attached hydrogens (tertiary/aromatic N) is 1. The zero-order valence-electron chi connectivity index (χ0n) is 12.9. The predicted octanol–water partition coefficient (Wildman–Crippen LogP) is 4.14. The molecule has 0 atom stereocenters. The molecular formula is C16H15I2NO4S. The fourth-order valence-electron chi connectivity index (χ4n) is 1.97. The number of rotatable bonds is 7. The molecule has 5 nitrogen and oxygen atoms in total. The number of hydrogen-bond acceptors (Lipinski definition) is 5. The lowest BCUT2D eigenvalue weighted by Crippen LogP contribution is -2.31. The molecule has 0 unspecified atom stereocenters. The van der Waals surface area contributed by atoms with Crippen molar-refractivity contribution < 1.29 is 19.1 Å². The molecule has 8 heteroatoms. The maximum atomic E-state index is 12.3. The molecule has 1 aliphatic heterocycles. The molecule has 0 saturated carbocycles. The van der Waals surface area contributed by atoms with E-state index in [4.69, 9.17) is 9.47 Å². The van der Waals surface area contributed by atoms with E-state index >= 15 is 0 Å². The maximum absolute atomic E-state index is 12.3. The molecule has 0 N–H and O–H groups in total. The molecule has 0 aromatic heterocycles. The van der Waals surface area contributed by atoms with E-state index in [0.29, 0.717) is 18.1 Å². The second kappa shape index (κ2) is 9.20. The Kier molecular flexibility index (Phi) is 7.57. The molecule has 1 heterocycles. The van der Waals surface area contributed by atoms with E-state index in [0.717, 1.165) is 30.2 Å². The van der Waals surface area contributed by atoms with Crippen LogP contribution >= 0.6 is 56.9 Å². The average Bonchev–Trinajstić information content (AvgIpc) is 2.78. The summed E-state index contributed by atoms with van der Waals surface area (Å²) >= 11 is 5.33. The summed E-state index contributed by atoms with van der Waals surface area (Å²) in [5.41, 5.74) is 0.854. The van der Waals surface area contributed by atoms with Gasteiger partial charge in [0.15, 0.2) is 0 Å². The fraction of sp³-hybridized carbons (Fsp3) is 0.250. The van der Waals surface area contributed by atoms with Gasteiger partial charge in [-0.2, -0.15) is 0 Å². The molecule has 0 aliphatic carbocycles. The van der Waals surface area contributed by atoms with Gasteiger partial charge in [0, 0.05) is 7.11 Å². The minimum Gasteiger partial charge on any atom is -0.487 e. The van der Waals surface area contributed by atoms with Gasteiger partial charge < -0.3 is 9.47 Å². The molecule has 2 rings (SSSR count). The quantitative estimate of drug-likeness (QED) is 0.280. The molecule has 128 valence electrons. The summed E-state index contributed by atoms with van der Waals surface area (Å²) in [6.07, 6.45) is 3.43. The van der Waals surface area contributed by atoms with E-state index in [2.05, 4.69) is 51.8 Å². The number of carbonyl (C=O) groups is 2. The van der Waals surface area contributed by atoms with Crippen LogP contribution in [0.5, 0.6) is 5.75 Å². The van der Waals surface area contributed by atoms with Crippen molar-refractivity contribution in [2.45, 2.75) is 0 Å². The fourth-order valence-corrected chi connectivity index (χ4v) is 4.96. The smallest absolute Gasteiger partial charge is 0.293 e. The third-order valence-corrected chi connectivity index (χ3v) is 5.57.